The second-order valence-electron chi connectivity index (χ2n) is 7.91. The molecule has 0 aromatic heterocycles. The number of nitrogens with one attached hydrogen (secondary N) is 1. The van der Waals surface area contributed by atoms with E-state index in [1.165, 1.54) is 0 Å². The van der Waals surface area contributed by atoms with Crippen LogP contribution in [0.5, 0.6) is 5.75 Å². The number of carbonyl (C=O) groups excluding carboxylic acids is 2. The number of benzene rings is 2. The number of nitrogens with zero attached hydrogens (tertiary/aromatic N) is 1. The fourth-order valence-corrected chi connectivity index (χ4v) is 4.37. The summed E-state index contributed by atoms with van der Waals surface area (Å²) in [6, 6.07) is 11.3. The lowest BCUT2D eigenvalue weighted by atomic mass is 9.94. The van der Waals surface area contributed by atoms with E-state index in [9.17, 15) is 14.4 Å². The maximum atomic E-state index is 13.2. The molecule has 2 amide bonds. The molecule has 168 valence electrons. The highest BCUT2D eigenvalue weighted by Gasteiger charge is 2.39. The van der Waals surface area contributed by atoms with E-state index in [4.69, 9.17) is 26.2 Å². The van der Waals surface area contributed by atoms with Gasteiger partial charge in [0.25, 0.3) is 11.8 Å². The topological polar surface area (TPSA) is 105 Å². The third-order valence-corrected chi connectivity index (χ3v) is 6.12. The molecule has 2 aromatic rings. The second kappa shape index (κ2) is 9.18. The quantitative estimate of drug-likeness (QED) is 0.727. The van der Waals surface area contributed by atoms with Crippen molar-refractivity contribution in [2.75, 3.05) is 19.0 Å². The van der Waals surface area contributed by atoms with E-state index in [-0.39, 0.29) is 30.9 Å². The van der Waals surface area contributed by atoms with E-state index in [1.54, 1.807) is 54.4 Å². The number of halogens is 1. The lowest BCUT2D eigenvalue weighted by Crippen LogP contribution is -2.53. The van der Waals surface area contributed by atoms with Crippen molar-refractivity contribution >= 4 is 35.1 Å². The van der Waals surface area contributed by atoms with Gasteiger partial charge < -0.3 is 24.8 Å². The van der Waals surface area contributed by atoms with Gasteiger partial charge in [0.15, 0.2) is 0 Å². The first-order valence-corrected chi connectivity index (χ1v) is 10.7. The minimum absolute atomic E-state index is 0.0774. The van der Waals surface area contributed by atoms with Crippen LogP contribution >= 0.6 is 11.6 Å². The molecule has 1 fully saturated rings. The number of hydrogen-bond acceptors (Lipinski definition) is 5. The van der Waals surface area contributed by atoms with Crippen molar-refractivity contribution in [3.63, 3.8) is 0 Å². The molecule has 0 saturated carbocycles. The maximum Gasteiger partial charge on any atom is 0.305 e. The van der Waals surface area contributed by atoms with Crippen molar-refractivity contribution in [2.45, 2.75) is 37.5 Å². The number of likely N-dealkylation sites (N-methyl/N-ethyl adjacent to an activating group) is 1. The van der Waals surface area contributed by atoms with Gasteiger partial charge in [-0.2, -0.15) is 0 Å². The summed E-state index contributed by atoms with van der Waals surface area (Å²) in [5.74, 6) is -1.18. The zero-order chi connectivity index (χ0) is 22.8. The molecule has 0 radical (unpaired) electrons. The van der Waals surface area contributed by atoms with Gasteiger partial charge in [-0.3, -0.25) is 14.4 Å². The van der Waals surface area contributed by atoms with Gasteiger partial charge >= 0.3 is 5.97 Å². The molecular weight excluding hydrogens is 436 g/mol. The van der Waals surface area contributed by atoms with Gasteiger partial charge in [-0.15, -0.1) is 0 Å². The molecule has 2 aliphatic heterocycles. The van der Waals surface area contributed by atoms with E-state index < -0.39 is 18.2 Å². The third kappa shape index (κ3) is 4.56. The van der Waals surface area contributed by atoms with Crippen molar-refractivity contribution in [2.24, 2.45) is 0 Å². The summed E-state index contributed by atoms with van der Waals surface area (Å²) in [6.07, 6.45) is 0.265. The zero-order valence-electron chi connectivity index (χ0n) is 17.4. The van der Waals surface area contributed by atoms with Gasteiger partial charge in [0.05, 0.1) is 34.7 Å². The van der Waals surface area contributed by atoms with Crippen LogP contribution in [0.3, 0.4) is 0 Å². The fraction of sp³-hybridized carbons (Fsp3) is 0.348. The number of carbonyl (C=O) groups is 3. The van der Waals surface area contributed by atoms with Crippen LogP contribution in [0.15, 0.2) is 42.5 Å². The monoisotopic (exact) mass is 458 g/mol. The van der Waals surface area contributed by atoms with Crippen molar-refractivity contribution < 1.29 is 29.0 Å². The summed E-state index contributed by atoms with van der Waals surface area (Å²) >= 11 is 6.10. The second-order valence-corrected chi connectivity index (χ2v) is 8.32. The van der Waals surface area contributed by atoms with Crippen molar-refractivity contribution in [1.29, 1.82) is 0 Å². The highest BCUT2D eigenvalue weighted by atomic mass is 35.5. The first-order valence-electron chi connectivity index (χ1n) is 10.3. The maximum absolute atomic E-state index is 13.2. The number of ether oxygens (including phenoxy) is 2. The Labute approximate surface area is 190 Å². The molecule has 0 spiro atoms. The highest BCUT2D eigenvalue weighted by molar-refractivity contribution is 6.34. The Kier molecular flexibility index (Phi) is 6.34. The Morgan fingerprint density at radius 2 is 2.00 bits per heavy atom. The average molecular weight is 459 g/mol. The lowest BCUT2D eigenvalue weighted by molar-refractivity contribution is -0.148. The van der Waals surface area contributed by atoms with Gasteiger partial charge in [0, 0.05) is 12.7 Å². The average Bonchev–Trinajstić information content (AvgIpc) is 2.76. The smallest absolute Gasteiger partial charge is 0.305 e. The number of aliphatic carboxylic acids is 1. The standard InChI is InChI=1S/C23H23ClN2O6/c1-26-18-8-7-14(11-21(27)28)32-20(18)12-31-19-9-6-13(10-16(19)23(26)30)25-22(29)15-4-2-3-5-17(15)24/h2-6,9-10,14,18,20H,7-8,11-12H2,1H3,(H,25,29)(H,27,28)/t14-,18+,20+/m1/s1. The molecule has 4 rings (SSSR count). The number of amides is 2. The lowest BCUT2D eigenvalue weighted by Gasteiger charge is -2.42. The van der Waals surface area contributed by atoms with Crippen LogP contribution in [-0.4, -0.2) is 59.7 Å². The van der Waals surface area contributed by atoms with Crippen molar-refractivity contribution in [3.8, 4) is 5.75 Å². The molecule has 3 atom stereocenters. The Morgan fingerprint density at radius 3 is 2.75 bits per heavy atom. The molecule has 0 unspecified atom stereocenters. The Bertz CT molecular complexity index is 1060. The molecule has 8 nitrogen and oxygen atoms in total. The van der Waals surface area contributed by atoms with Gasteiger partial charge in [-0.05, 0) is 43.2 Å². The first kappa shape index (κ1) is 22.1. The number of anilines is 1. The summed E-state index contributed by atoms with van der Waals surface area (Å²) in [6.45, 7) is 0.191. The Hall–Kier alpha value is -3.10. The molecule has 0 aliphatic carbocycles. The SMILES string of the molecule is CN1C(=O)c2cc(NC(=O)c3ccccc3Cl)ccc2OC[C@@H]2O[C@@H](CC(=O)O)CC[C@@H]21. The number of carboxylic acid groups (broad SMARTS) is 1. The Morgan fingerprint density at radius 1 is 1.22 bits per heavy atom. The van der Waals surface area contributed by atoms with Crippen LogP contribution in [0.1, 0.15) is 40.0 Å². The molecule has 2 aliphatic rings. The molecule has 32 heavy (non-hydrogen) atoms. The van der Waals surface area contributed by atoms with Crippen LogP contribution in [0.4, 0.5) is 5.69 Å². The summed E-state index contributed by atoms with van der Waals surface area (Å²) in [5.41, 5.74) is 1.10. The van der Waals surface area contributed by atoms with E-state index in [2.05, 4.69) is 5.32 Å². The normalized spacial score (nSPS) is 22.6. The largest absolute Gasteiger partial charge is 0.490 e. The van der Waals surface area contributed by atoms with Crippen molar-refractivity contribution in [1.82, 2.24) is 4.90 Å². The predicted octanol–water partition coefficient (Wildman–Crippen LogP) is 3.45. The van der Waals surface area contributed by atoms with Gasteiger partial charge in [-0.1, -0.05) is 23.7 Å². The summed E-state index contributed by atoms with van der Waals surface area (Å²) in [4.78, 5) is 38.5. The van der Waals surface area contributed by atoms with Crippen molar-refractivity contribution in [3.05, 3.63) is 58.6 Å². The first-order chi connectivity index (χ1) is 15.3. The number of rotatable bonds is 4. The van der Waals surface area contributed by atoms with Crippen LogP contribution in [0, 0.1) is 0 Å². The summed E-state index contributed by atoms with van der Waals surface area (Å²) in [7, 11) is 1.70. The van der Waals surface area contributed by atoms with Gasteiger partial charge in [0.1, 0.15) is 18.5 Å². The molecule has 1 saturated heterocycles. The number of hydrogen-bond donors (Lipinski definition) is 2. The Balaban J connectivity index is 1.55. The highest BCUT2D eigenvalue weighted by Crippen LogP contribution is 2.32. The molecule has 9 heteroatoms. The van der Waals surface area contributed by atoms with Crippen LogP contribution in [0.25, 0.3) is 0 Å². The van der Waals surface area contributed by atoms with E-state index in [1.807, 2.05) is 0 Å². The molecule has 0 bridgehead atoms. The fourth-order valence-electron chi connectivity index (χ4n) is 4.14. The number of carboxylic acids is 1. The zero-order valence-corrected chi connectivity index (χ0v) is 18.2. The minimum atomic E-state index is -0.915. The molecular formula is C23H23ClN2O6. The van der Waals surface area contributed by atoms with Crippen LogP contribution < -0.4 is 10.1 Å². The van der Waals surface area contributed by atoms with E-state index in [0.717, 1.165) is 0 Å². The number of fused-ring (bicyclic) bond motifs is 2. The van der Waals surface area contributed by atoms with E-state index >= 15 is 0 Å². The van der Waals surface area contributed by atoms with Crippen LogP contribution in [0.2, 0.25) is 5.02 Å². The summed E-state index contributed by atoms with van der Waals surface area (Å²) < 4.78 is 11.8. The van der Waals surface area contributed by atoms with Gasteiger partial charge in [0.2, 0.25) is 0 Å². The molecule has 2 N–H and O–H groups in total. The molecule has 2 aromatic carbocycles. The molecule has 2 heterocycles. The van der Waals surface area contributed by atoms with E-state index in [0.29, 0.717) is 40.4 Å². The predicted molar refractivity (Wildman–Crippen MR) is 117 cm³/mol. The van der Waals surface area contributed by atoms with Gasteiger partial charge in [-0.25, -0.2) is 0 Å². The van der Waals surface area contributed by atoms with Crippen LogP contribution in [-0.2, 0) is 9.53 Å². The summed E-state index contributed by atoms with van der Waals surface area (Å²) in [5, 5.41) is 12.2. The minimum Gasteiger partial charge on any atom is -0.490 e. The third-order valence-electron chi connectivity index (χ3n) is 5.79.